The SMILES string of the molecule is COc1ccc([C@H]2[C@H](c3ccccn3)N=C3S[C@@H](C)CN32)cc1Br. The second-order valence-electron chi connectivity index (χ2n) is 6.03. The van der Waals surface area contributed by atoms with Crippen LogP contribution in [0, 0.1) is 0 Å². The Bertz CT molecular complexity index is 783. The highest BCUT2D eigenvalue weighted by atomic mass is 79.9. The van der Waals surface area contributed by atoms with Crippen LogP contribution in [0.5, 0.6) is 5.75 Å². The van der Waals surface area contributed by atoms with Gasteiger partial charge in [0, 0.05) is 18.0 Å². The first-order chi connectivity index (χ1) is 11.7. The fraction of sp³-hybridized carbons (Fsp3) is 0.333. The van der Waals surface area contributed by atoms with Crippen LogP contribution in [0.25, 0.3) is 0 Å². The predicted octanol–water partition coefficient (Wildman–Crippen LogP) is 4.44. The molecule has 1 saturated heterocycles. The summed E-state index contributed by atoms with van der Waals surface area (Å²) in [5.74, 6) is 0.844. The quantitative estimate of drug-likeness (QED) is 0.758. The molecule has 0 spiro atoms. The molecular formula is C18H18BrN3OS. The molecule has 4 rings (SSSR count). The van der Waals surface area contributed by atoms with Gasteiger partial charge >= 0.3 is 0 Å². The molecule has 2 aliphatic rings. The van der Waals surface area contributed by atoms with E-state index < -0.39 is 0 Å². The van der Waals surface area contributed by atoms with Gasteiger partial charge in [0.1, 0.15) is 11.8 Å². The molecular weight excluding hydrogens is 386 g/mol. The second kappa shape index (κ2) is 6.41. The Balaban J connectivity index is 1.77. The molecule has 0 saturated carbocycles. The van der Waals surface area contributed by atoms with Crippen LogP contribution in [-0.4, -0.2) is 34.0 Å². The molecule has 0 unspecified atom stereocenters. The smallest absolute Gasteiger partial charge is 0.160 e. The minimum atomic E-state index is 0.0292. The number of amidine groups is 1. The number of hydrogen-bond donors (Lipinski definition) is 0. The van der Waals surface area contributed by atoms with Crippen LogP contribution < -0.4 is 4.74 Å². The van der Waals surface area contributed by atoms with Gasteiger partial charge in [0.05, 0.1) is 23.3 Å². The molecule has 1 aromatic carbocycles. The van der Waals surface area contributed by atoms with Crippen molar-refractivity contribution in [2.45, 2.75) is 24.3 Å². The molecule has 124 valence electrons. The highest BCUT2D eigenvalue weighted by molar-refractivity contribution is 9.10. The maximum atomic E-state index is 5.37. The van der Waals surface area contributed by atoms with Crippen molar-refractivity contribution in [3.63, 3.8) is 0 Å². The fourth-order valence-corrected chi connectivity index (χ4v) is 5.00. The van der Waals surface area contributed by atoms with Gasteiger partial charge in [-0.25, -0.2) is 0 Å². The normalized spacial score (nSPS) is 25.5. The Kier molecular flexibility index (Phi) is 4.26. The van der Waals surface area contributed by atoms with Crippen molar-refractivity contribution in [1.29, 1.82) is 0 Å². The van der Waals surface area contributed by atoms with E-state index in [-0.39, 0.29) is 12.1 Å². The number of pyridine rings is 1. The minimum Gasteiger partial charge on any atom is -0.496 e. The molecule has 1 aromatic heterocycles. The first-order valence-electron chi connectivity index (χ1n) is 7.93. The topological polar surface area (TPSA) is 37.7 Å². The number of halogens is 1. The molecule has 3 atom stereocenters. The first kappa shape index (κ1) is 16.0. The molecule has 0 bridgehead atoms. The lowest BCUT2D eigenvalue weighted by molar-refractivity contribution is 0.320. The molecule has 4 nitrogen and oxygen atoms in total. The van der Waals surface area contributed by atoms with Gasteiger partial charge in [-0.3, -0.25) is 9.98 Å². The average Bonchev–Trinajstić information content (AvgIpc) is 3.11. The summed E-state index contributed by atoms with van der Waals surface area (Å²) in [4.78, 5) is 12.0. The number of fused-ring (bicyclic) bond motifs is 1. The summed E-state index contributed by atoms with van der Waals surface area (Å²) < 4.78 is 6.34. The largest absolute Gasteiger partial charge is 0.496 e. The number of aliphatic imine (C=N–C) groups is 1. The van der Waals surface area contributed by atoms with E-state index in [0.717, 1.165) is 27.6 Å². The van der Waals surface area contributed by atoms with Crippen molar-refractivity contribution in [2.24, 2.45) is 4.99 Å². The molecule has 0 N–H and O–H groups in total. The van der Waals surface area contributed by atoms with Gasteiger partial charge in [-0.1, -0.05) is 30.8 Å². The molecule has 2 aliphatic heterocycles. The Morgan fingerprint density at radius 1 is 1.29 bits per heavy atom. The third kappa shape index (κ3) is 2.71. The molecule has 6 heteroatoms. The van der Waals surface area contributed by atoms with Crippen molar-refractivity contribution in [3.8, 4) is 5.75 Å². The van der Waals surface area contributed by atoms with Gasteiger partial charge in [-0.2, -0.15) is 0 Å². The number of ether oxygens (including phenoxy) is 1. The van der Waals surface area contributed by atoms with Crippen LogP contribution in [0.4, 0.5) is 0 Å². The van der Waals surface area contributed by atoms with Gasteiger partial charge < -0.3 is 9.64 Å². The van der Waals surface area contributed by atoms with Crippen LogP contribution in [-0.2, 0) is 0 Å². The van der Waals surface area contributed by atoms with Crippen molar-refractivity contribution in [1.82, 2.24) is 9.88 Å². The van der Waals surface area contributed by atoms with E-state index in [1.54, 1.807) is 7.11 Å². The van der Waals surface area contributed by atoms with E-state index >= 15 is 0 Å². The molecule has 0 amide bonds. The lowest BCUT2D eigenvalue weighted by Gasteiger charge is -2.27. The number of benzene rings is 1. The molecule has 2 aromatic rings. The van der Waals surface area contributed by atoms with Crippen molar-refractivity contribution in [2.75, 3.05) is 13.7 Å². The average molecular weight is 404 g/mol. The Morgan fingerprint density at radius 3 is 2.88 bits per heavy atom. The Hall–Kier alpha value is -1.53. The second-order valence-corrected chi connectivity index (χ2v) is 8.29. The summed E-state index contributed by atoms with van der Waals surface area (Å²) in [6.45, 7) is 3.27. The van der Waals surface area contributed by atoms with E-state index in [1.807, 2.05) is 36.2 Å². The number of thioether (sulfide) groups is 1. The summed E-state index contributed by atoms with van der Waals surface area (Å²) in [7, 11) is 1.69. The van der Waals surface area contributed by atoms with E-state index in [1.165, 1.54) is 5.56 Å². The predicted molar refractivity (Wildman–Crippen MR) is 102 cm³/mol. The highest BCUT2D eigenvalue weighted by Crippen LogP contribution is 2.48. The van der Waals surface area contributed by atoms with Gasteiger partial charge in [-0.05, 0) is 45.8 Å². The Labute approximate surface area is 154 Å². The van der Waals surface area contributed by atoms with Crippen molar-refractivity contribution < 1.29 is 4.74 Å². The van der Waals surface area contributed by atoms with Gasteiger partial charge in [0.15, 0.2) is 5.17 Å². The van der Waals surface area contributed by atoms with Gasteiger partial charge in [0.25, 0.3) is 0 Å². The number of nitrogens with zero attached hydrogens (tertiary/aromatic N) is 3. The van der Waals surface area contributed by atoms with E-state index in [9.17, 15) is 0 Å². The summed E-state index contributed by atoms with van der Waals surface area (Å²) in [6.07, 6.45) is 1.84. The Morgan fingerprint density at radius 2 is 2.17 bits per heavy atom. The van der Waals surface area contributed by atoms with Crippen LogP contribution in [0.3, 0.4) is 0 Å². The third-order valence-corrected chi connectivity index (χ3v) is 6.12. The van der Waals surface area contributed by atoms with Crippen LogP contribution in [0.15, 0.2) is 52.1 Å². The number of methoxy groups -OCH3 is 1. The molecule has 24 heavy (non-hydrogen) atoms. The van der Waals surface area contributed by atoms with Crippen LogP contribution in [0.1, 0.15) is 30.3 Å². The van der Waals surface area contributed by atoms with Crippen molar-refractivity contribution >= 4 is 32.9 Å². The lowest BCUT2D eigenvalue weighted by Crippen LogP contribution is -2.28. The maximum Gasteiger partial charge on any atom is 0.160 e. The summed E-state index contributed by atoms with van der Waals surface area (Å²) in [5.41, 5.74) is 2.25. The zero-order chi connectivity index (χ0) is 16.7. The summed E-state index contributed by atoms with van der Waals surface area (Å²) >= 11 is 5.47. The maximum absolute atomic E-state index is 5.37. The van der Waals surface area contributed by atoms with E-state index in [0.29, 0.717) is 5.25 Å². The van der Waals surface area contributed by atoms with E-state index in [2.05, 4.69) is 50.9 Å². The van der Waals surface area contributed by atoms with Gasteiger partial charge in [-0.15, -0.1) is 0 Å². The monoisotopic (exact) mass is 403 g/mol. The highest BCUT2D eigenvalue weighted by Gasteiger charge is 2.43. The van der Waals surface area contributed by atoms with Gasteiger partial charge in [0.2, 0.25) is 0 Å². The number of hydrogen-bond acceptors (Lipinski definition) is 5. The standard InChI is InChI=1S/C18H18BrN3OS/c1-11-10-22-17(12-6-7-15(23-2)13(19)9-12)16(21-18(22)24-11)14-5-3-4-8-20-14/h3-9,11,16-17H,10H2,1-2H3/t11-,16-,17-/m0/s1. The third-order valence-electron chi connectivity index (χ3n) is 4.40. The summed E-state index contributed by atoms with van der Waals surface area (Å²) in [6, 6.07) is 12.5. The first-order valence-corrected chi connectivity index (χ1v) is 9.60. The summed E-state index contributed by atoms with van der Waals surface area (Å²) in [5, 5.41) is 1.70. The zero-order valence-electron chi connectivity index (χ0n) is 13.5. The molecule has 1 fully saturated rings. The lowest BCUT2D eigenvalue weighted by atomic mass is 9.96. The minimum absolute atomic E-state index is 0.0292. The molecule has 3 heterocycles. The molecule has 0 radical (unpaired) electrons. The van der Waals surface area contributed by atoms with Crippen LogP contribution >= 0.6 is 27.7 Å². The number of rotatable bonds is 3. The zero-order valence-corrected chi connectivity index (χ0v) is 15.9. The van der Waals surface area contributed by atoms with Crippen molar-refractivity contribution in [3.05, 3.63) is 58.3 Å². The number of aromatic nitrogens is 1. The fourth-order valence-electron chi connectivity index (χ4n) is 3.34. The van der Waals surface area contributed by atoms with E-state index in [4.69, 9.17) is 9.73 Å². The molecule has 0 aliphatic carbocycles. The van der Waals surface area contributed by atoms with Crippen LogP contribution in [0.2, 0.25) is 0 Å².